The summed E-state index contributed by atoms with van der Waals surface area (Å²) in [5.41, 5.74) is 1.19. The Kier molecular flexibility index (Phi) is 3.03. The Morgan fingerprint density at radius 3 is 2.78 bits per heavy atom. The van der Waals surface area contributed by atoms with Gasteiger partial charge in [0, 0.05) is 12.3 Å². The predicted octanol–water partition coefficient (Wildman–Crippen LogP) is 1.52. The number of amides is 1. The number of nitrogens with one attached hydrogen (secondary N) is 1. The minimum atomic E-state index is -1.47. The molecule has 0 radical (unpaired) electrons. The van der Waals surface area contributed by atoms with Crippen LogP contribution in [0.1, 0.15) is 43.6 Å². The summed E-state index contributed by atoms with van der Waals surface area (Å²) in [7, 11) is -1.47. The maximum atomic E-state index is 11.6. The summed E-state index contributed by atoms with van der Waals surface area (Å²) in [4.78, 5) is 11.1. The lowest BCUT2D eigenvalue weighted by Crippen LogP contribution is -2.17. The molecule has 96 valence electrons. The summed E-state index contributed by atoms with van der Waals surface area (Å²) in [6.45, 7) is 0. The molecule has 18 heavy (non-hydrogen) atoms. The standard InChI is InChI=1S/C12H15N3O2S/c16-11-6-12(18(17)14-11)15-8-10(7-13-15)9-4-2-1-3-5-9/h6-9H,1-5H2,(H,14,16). The van der Waals surface area contributed by atoms with Crippen LogP contribution in [0.3, 0.4) is 0 Å². The van der Waals surface area contributed by atoms with Crippen LogP contribution in [0.15, 0.2) is 18.5 Å². The summed E-state index contributed by atoms with van der Waals surface area (Å²) in [6, 6.07) is 0. The maximum absolute atomic E-state index is 11.6. The van der Waals surface area contributed by atoms with E-state index in [1.165, 1.54) is 43.7 Å². The molecule has 1 aromatic heterocycles. The van der Waals surface area contributed by atoms with E-state index in [2.05, 4.69) is 9.82 Å². The SMILES string of the molecule is O=C1C=C(n2cc(C3CCCCC3)cn2)S(=O)N1. The second-order valence-corrected chi connectivity index (χ2v) is 5.93. The van der Waals surface area contributed by atoms with Gasteiger partial charge >= 0.3 is 0 Å². The fraction of sp³-hybridized carbons (Fsp3) is 0.500. The van der Waals surface area contributed by atoms with Crippen molar-refractivity contribution in [2.45, 2.75) is 38.0 Å². The molecule has 0 aromatic carbocycles. The molecule has 1 saturated carbocycles. The van der Waals surface area contributed by atoms with Gasteiger partial charge in [-0.3, -0.25) is 9.52 Å². The zero-order chi connectivity index (χ0) is 12.5. The van der Waals surface area contributed by atoms with Gasteiger partial charge in [-0.25, -0.2) is 8.89 Å². The molecular formula is C12H15N3O2S. The van der Waals surface area contributed by atoms with Crippen molar-refractivity contribution >= 4 is 21.9 Å². The third-order valence-electron chi connectivity index (χ3n) is 3.54. The molecule has 1 fully saturated rings. The van der Waals surface area contributed by atoms with Crippen molar-refractivity contribution in [3.8, 4) is 0 Å². The molecule has 1 amide bonds. The molecule has 2 aliphatic rings. The fourth-order valence-corrected chi connectivity index (χ4v) is 3.42. The first-order valence-corrected chi connectivity index (χ1v) is 7.38. The van der Waals surface area contributed by atoms with Gasteiger partial charge in [0.05, 0.1) is 6.20 Å². The normalized spacial score (nSPS) is 25.0. The molecule has 6 heteroatoms. The predicted molar refractivity (Wildman–Crippen MR) is 68.6 cm³/mol. The largest absolute Gasteiger partial charge is 0.269 e. The first kappa shape index (κ1) is 11.6. The molecule has 1 aliphatic heterocycles. The Hall–Kier alpha value is -1.43. The molecule has 5 nitrogen and oxygen atoms in total. The van der Waals surface area contributed by atoms with Gasteiger partial charge < -0.3 is 0 Å². The average Bonchev–Trinajstić information content (AvgIpc) is 2.97. The zero-order valence-electron chi connectivity index (χ0n) is 9.96. The number of carbonyl (C=O) groups excluding carboxylic acids is 1. The number of nitrogens with zero attached hydrogens (tertiary/aromatic N) is 2. The van der Waals surface area contributed by atoms with Crippen LogP contribution in [-0.2, 0) is 15.8 Å². The van der Waals surface area contributed by atoms with Crippen molar-refractivity contribution in [3.63, 3.8) is 0 Å². The second-order valence-electron chi connectivity index (χ2n) is 4.77. The van der Waals surface area contributed by atoms with Crippen molar-refractivity contribution in [1.82, 2.24) is 14.5 Å². The molecule has 1 aliphatic carbocycles. The first-order chi connectivity index (χ1) is 8.74. The Balaban J connectivity index is 1.83. The summed E-state index contributed by atoms with van der Waals surface area (Å²) < 4.78 is 15.5. The highest BCUT2D eigenvalue weighted by Gasteiger charge is 2.23. The number of carbonyl (C=O) groups is 1. The van der Waals surface area contributed by atoms with Gasteiger partial charge in [0.2, 0.25) is 0 Å². The molecule has 1 aromatic rings. The highest BCUT2D eigenvalue weighted by molar-refractivity contribution is 7.93. The molecule has 1 N–H and O–H groups in total. The van der Waals surface area contributed by atoms with Crippen LogP contribution in [0.25, 0.3) is 5.03 Å². The monoisotopic (exact) mass is 265 g/mol. The molecule has 2 heterocycles. The van der Waals surface area contributed by atoms with E-state index in [1.807, 2.05) is 12.4 Å². The Labute approximate surface area is 108 Å². The van der Waals surface area contributed by atoms with E-state index in [1.54, 1.807) is 4.68 Å². The van der Waals surface area contributed by atoms with E-state index in [0.717, 1.165) is 0 Å². The summed E-state index contributed by atoms with van der Waals surface area (Å²) in [5.74, 6) is 0.240. The van der Waals surface area contributed by atoms with Gasteiger partial charge in [-0.05, 0) is 24.3 Å². The van der Waals surface area contributed by atoms with Crippen molar-refractivity contribution in [2.75, 3.05) is 0 Å². The van der Waals surface area contributed by atoms with Crippen molar-refractivity contribution < 1.29 is 9.00 Å². The van der Waals surface area contributed by atoms with Crippen molar-refractivity contribution in [1.29, 1.82) is 0 Å². The lowest BCUT2D eigenvalue weighted by molar-refractivity contribution is -0.114. The molecule has 0 spiro atoms. The second kappa shape index (κ2) is 4.68. The van der Waals surface area contributed by atoms with Crippen LogP contribution < -0.4 is 4.72 Å². The topological polar surface area (TPSA) is 64.0 Å². The smallest absolute Gasteiger partial charge is 0.258 e. The van der Waals surface area contributed by atoms with Gasteiger partial charge in [-0.15, -0.1) is 0 Å². The maximum Gasteiger partial charge on any atom is 0.258 e. The van der Waals surface area contributed by atoms with E-state index in [4.69, 9.17) is 0 Å². The van der Waals surface area contributed by atoms with Crippen LogP contribution in [0.2, 0.25) is 0 Å². The fourth-order valence-electron chi connectivity index (χ4n) is 2.59. The molecule has 3 rings (SSSR count). The number of aromatic nitrogens is 2. The average molecular weight is 265 g/mol. The lowest BCUT2D eigenvalue weighted by atomic mass is 9.86. The Bertz CT molecular complexity index is 529. The van der Waals surface area contributed by atoms with Crippen molar-refractivity contribution in [3.05, 3.63) is 24.0 Å². The number of rotatable bonds is 2. The van der Waals surface area contributed by atoms with E-state index >= 15 is 0 Å². The minimum absolute atomic E-state index is 0.321. The summed E-state index contributed by atoms with van der Waals surface area (Å²) >= 11 is 0. The molecule has 1 unspecified atom stereocenters. The van der Waals surface area contributed by atoms with Crippen LogP contribution >= 0.6 is 0 Å². The van der Waals surface area contributed by atoms with Gasteiger partial charge in [-0.1, -0.05) is 19.3 Å². The Morgan fingerprint density at radius 1 is 1.33 bits per heavy atom. The van der Waals surface area contributed by atoms with E-state index in [9.17, 15) is 9.00 Å². The van der Waals surface area contributed by atoms with Crippen LogP contribution in [0.5, 0.6) is 0 Å². The number of hydrogen-bond acceptors (Lipinski definition) is 3. The summed E-state index contributed by atoms with van der Waals surface area (Å²) in [6.07, 6.45) is 11.3. The van der Waals surface area contributed by atoms with Gasteiger partial charge in [0.25, 0.3) is 5.91 Å². The molecular weight excluding hydrogens is 250 g/mol. The number of hydrogen-bond donors (Lipinski definition) is 1. The first-order valence-electron chi connectivity index (χ1n) is 6.23. The van der Waals surface area contributed by atoms with Gasteiger partial charge in [0.15, 0.2) is 16.0 Å². The van der Waals surface area contributed by atoms with E-state index in [-0.39, 0.29) is 5.91 Å². The molecule has 0 saturated heterocycles. The van der Waals surface area contributed by atoms with Crippen LogP contribution in [0.4, 0.5) is 0 Å². The van der Waals surface area contributed by atoms with Crippen LogP contribution in [0, 0.1) is 0 Å². The van der Waals surface area contributed by atoms with Gasteiger partial charge in [-0.2, -0.15) is 5.10 Å². The molecule has 1 atom stereocenters. The third-order valence-corrected chi connectivity index (χ3v) is 4.61. The Morgan fingerprint density at radius 2 is 2.11 bits per heavy atom. The van der Waals surface area contributed by atoms with E-state index in [0.29, 0.717) is 10.9 Å². The quantitative estimate of drug-likeness (QED) is 0.882. The highest BCUT2D eigenvalue weighted by Crippen LogP contribution is 2.32. The van der Waals surface area contributed by atoms with E-state index < -0.39 is 11.0 Å². The minimum Gasteiger partial charge on any atom is -0.269 e. The van der Waals surface area contributed by atoms with Gasteiger partial charge in [0.1, 0.15) is 0 Å². The molecule has 0 bridgehead atoms. The van der Waals surface area contributed by atoms with Crippen LogP contribution in [-0.4, -0.2) is 19.9 Å². The summed E-state index contributed by atoms with van der Waals surface area (Å²) in [5, 5.41) is 4.64. The highest BCUT2D eigenvalue weighted by atomic mass is 32.2. The zero-order valence-corrected chi connectivity index (χ0v) is 10.8. The lowest BCUT2D eigenvalue weighted by Gasteiger charge is -2.19. The third kappa shape index (κ3) is 2.12. The van der Waals surface area contributed by atoms with Crippen molar-refractivity contribution in [2.24, 2.45) is 0 Å².